The molecular formula is C36H37ClN2O3. The van der Waals surface area contributed by atoms with E-state index in [4.69, 9.17) is 16.3 Å². The van der Waals surface area contributed by atoms with Crippen molar-refractivity contribution in [3.63, 3.8) is 0 Å². The lowest BCUT2D eigenvalue weighted by molar-refractivity contribution is -0.156. The first-order valence-corrected chi connectivity index (χ1v) is 15.8. The second-order valence-electron chi connectivity index (χ2n) is 12.2. The van der Waals surface area contributed by atoms with Crippen molar-refractivity contribution in [1.29, 1.82) is 0 Å². The van der Waals surface area contributed by atoms with E-state index in [1.807, 2.05) is 60.4 Å². The molecule has 3 aliphatic rings. The van der Waals surface area contributed by atoms with Crippen LogP contribution in [0.25, 0.3) is 10.9 Å². The van der Waals surface area contributed by atoms with Gasteiger partial charge in [-0.05, 0) is 72.6 Å². The van der Waals surface area contributed by atoms with Crippen molar-refractivity contribution in [3.8, 4) is 0 Å². The van der Waals surface area contributed by atoms with Gasteiger partial charge in [0, 0.05) is 34.4 Å². The number of nitrogens with zero attached hydrogens (tertiary/aromatic N) is 2. The molecule has 0 saturated heterocycles. The van der Waals surface area contributed by atoms with E-state index in [9.17, 15) is 4.79 Å². The van der Waals surface area contributed by atoms with Crippen molar-refractivity contribution in [2.24, 2.45) is 18.9 Å². The van der Waals surface area contributed by atoms with Gasteiger partial charge in [0.25, 0.3) is 0 Å². The van der Waals surface area contributed by atoms with Crippen LogP contribution in [0.5, 0.6) is 0 Å². The minimum Gasteiger partial charge on any atom is -0.466 e. The number of esters is 1. The number of hydrogen-bond acceptors (Lipinski definition) is 3. The van der Waals surface area contributed by atoms with Crippen molar-refractivity contribution in [2.45, 2.75) is 63.3 Å². The van der Waals surface area contributed by atoms with E-state index in [0.717, 1.165) is 60.1 Å². The van der Waals surface area contributed by atoms with Crippen molar-refractivity contribution < 1.29 is 14.3 Å². The lowest BCUT2D eigenvalue weighted by atomic mass is 9.53. The molecule has 1 aliphatic heterocycles. The molecule has 1 amide bonds. The molecule has 4 aromatic rings. The van der Waals surface area contributed by atoms with Gasteiger partial charge in [-0.1, -0.05) is 85.8 Å². The van der Waals surface area contributed by atoms with Gasteiger partial charge < -0.3 is 14.2 Å². The van der Waals surface area contributed by atoms with E-state index in [1.165, 1.54) is 17.4 Å². The average Bonchev–Trinajstić information content (AvgIpc) is 3.40. The zero-order valence-electron chi connectivity index (χ0n) is 24.3. The van der Waals surface area contributed by atoms with Crippen molar-refractivity contribution in [1.82, 2.24) is 4.57 Å². The molecule has 1 fully saturated rings. The molecule has 1 spiro atoms. The molecule has 1 saturated carbocycles. The molecule has 0 bridgehead atoms. The molecule has 4 atom stereocenters. The van der Waals surface area contributed by atoms with Gasteiger partial charge in [-0.25, -0.2) is 0 Å². The smallest absolute Gasteiger partial charge is 0.311 e. The van der Waals surface area contributed by atoms with Crippen LogP contribution in [-0.4, -0.2) is 23.1 Å². The summed E-state index contributed by atoms with van der Waals surface area (Å²) < 4.78 is 8.11. The van der Waals surface area contributed by atoms with E-state index >= 15 is 4.79 Å². The molecule has 5 nitrogen and oxygen atoms in total. The summed E-state index contributed by atoms with van der Waals surface area (Å²) in [7, 11) is 2.06. The number of aromatic nitrogens is 1. The second-order valence-corrected chi connectivity index (χ2v) is 12.6. The minimum atomic E-state index is -1.25. The third-order valence-corrected chi connectivity index (χ3v) is 10.3. The zero-order valence-corrected chi connectivity index (χ0v) is 25.1. The Bertz CT molecular complexity index is 1680. The lowest BCUT2D eigenvalue weighted by Gasteiger charge is -2.48. The molecule has 2 heterocycles. The van der Waals surface area contributed by atoms with Crippen LogP contribution in [0, 0.1) is 11.8 Å². The number of amides is 1. The number of aryl methyl sites for hydroxylation is 1. The Kier molecular flexibility index (Phi) is 6.89. The summed E-state index contributed by atoms with van der Waals surface area (Å²) in [5, 5.41) is 1.75. The van der Waals surface area contributed by atoms with Crippen LogP contribution in [-0.2, 0) is 33.3 Å². The van der Waals surface area contributed by atoms with Gasteiger partial charge in [-0.3, -0.25) is 9.59 Å². The first-order valence-electron chi connectivity index (χ1n) is 15.4. The normalized spacial score (nSPS) is 25.1. The highest BCUT2D eigenvalue weighted by Crippen LogP contribution is 2.63. The standard InChI is InChI=1S/C36H37ClN2O3/c1-3-42-34(40)32-26-16-10-5-4-9-15-25(26)31-27-17-11-12-18-29(27)38(2)33(31)36(32)28-21-24(37)19-20-30(28)39(35(36)41)22-23-13-7-6-8-14-23/h6-8,11-14,17-21,25-26,32H,3-5,9-10,15-16,22H2,1-2H3/t25-,26+,32-,36+/m1/s1. The number of carbonyl (C=O) groups is 2. The molecule has 7 rings (SSSR count). The van der Waals surface area contributed by atoms with Crippen LogP contribution < -0.4 is 4.90 Å². The summed E-state index contributed by atoms with van der Waals surface area (Å²) in [5.41, 5.74) is 4.70. The number of hydrogen-bond donors (Lipinski definition) is 0. The van der Waals surface area contributed by atoms with Crippen LogP contribution in [0.3, 0.4) is 0 Å². The fourth-order valence-corrected chi connectivity index (χ4v) is 8.72. The Balaban J connectivity index is 1.58. The molecule has 42 heavy (non-hydrogen) atoms. The van der Waals surface area contributed by atoms with Gasteiger partial charge in [0.1, 0.15) is 5.41 Å². The van der Waals surface area contributed by atoms with Crippen LogP contribution in [0.1, 0.15) is 73.8 Å². The van der Waals surface area contributed by atoms with E-state index in [2.05, 4.69) is 35.9 Å². The third kappa shape index (κ3) is 3.89. The third-order valence-electron chi connectivity index (χ3n) is 10.1. The van der Waals surface area contributed by atoms with E-state index in [0.29, 0.717) is 11.6 Å². The molecule has 1 aromatic heterocycles. The molecule has 216 valence electrons. The highest BCUT2D eigenvalue weighted by Gasteiger charge is 2.67. The number of para-hydroxylation sites is 1. The first-order chi connectivity index (χ1) is 20.5. The first kappa shape index (κ1) is 27.3. The molecule has 3 aromatic carbocycles. The number of ether oxygens (including phenoxy) is 1. The number of benzene rings is 3. The van der Waals surface area contributed by atoms with Gasteiger partial charge in [-0.15, -0.1) is 0 Å². The summed E-state index contributed by atoms with van der Waals surface area (Å²) in [6.45, 7) is 2.54. The van der Waals surface area contributed by atoms with Crippen molar-refractivity contribution in [2.75, 3.05) is 11.5 Å². The molecule has 2 aliphatic carbocycles. The minimum absolute atomic E-state index is 0.0184. The summed E-state index contributed by atoms with van der Waals surface area (Å²) in [4.78, 5) is 31.8. The quantitative estimate of drug-likeness (QED) is 0.230. The number of halogens is 1. The van der Waals surface area contributed by atoms with Crippen molar-refractivity contribution >= 4 is 40.1 Å². The number of fused-ring (bicyclic) bond motifs is 8. The van der Waals surface area contributed by atoms with E-state index in [-0.39, 0.29) is 30.3 Å². The molecule has 0 N–H and O–H groups in total. The van der Waals surface area contributed by atoms with Crippen LogP contribution in [0.15, 0.2) is 72.8 Å². The Morgan fingerprint density at radius 3 is 2.50 bits per heavy atom. The number of carbonyl (C=O) groups excluding carboxylic acids is 2. The molecule has 0 unspecified atom stereocenters. The summed E-state index contributed by atoms with van der Waals surface area (Å²) in [6.07, 6.45) is 6.38. The maximum Gasteiger partial charge on any atom is 0.311 e. The summed E-state index contributed by atoms with van der Waals surface area (Å²) in [6, 6.07) is 24.3. The number of rotatable bonds is 4. The fraction of sp³-hybridized carbons (Fsp3) is 0.389. The SMILES string of the molecule is CCOC(=O)[C@H]1[C@H]2CCCCCC[C@H]2c2c(n(C)c3ccccc23)[C@@]12C(=O)N(Cc1ccccc1)c1ccc(Cl)cc12. The van der Waals surface area contributed by atoms with Gasteiger partial charge in [0.15, 0.2) is 0 Å². The lowest BCUT2D eigenvalue weighted by Crippen LogP contribution is -2.57. The van der Waals surface area contributed by atoms with Crippen molar-refractivity contribution in [3.05, 3.63) is 100 Å². The number of anilines is 1. The maximum atomic E-state index is 15.5. The zero-order chi connectivity index (χ0) is 29.0. The van der Waals surface area contributed by atoms with Crippen LogP contribution in [0.2, 0.25) is 5.02 Å². The summed E-state index contributed by atoms with van der Waals surface area (Å²) >= 11 is 6.75. The second kappa shape index (κ2) is 10.6. The van der Waals surface area contributed by atoms with Gasteiger partial charge in [0.05, 0.1) is 19.1 Å². The average molecular weight is 581 g/mol. The monoisotopic (exact) mass is 580 g/mol. The Labute approximate surface area is 252 Å². The summed E-state index contributed by atoms with van der Waals surface area (Å²) in [5.74, 6) is -0.833. The van der Waals surface area contributed by atoms with Gasteiger partial charge >= 0.3 is 5.97 Å². The van der Waals surface area contributed by atoms with Crippen LogP contribution >= 0.6 is 11.6 Å². The van der Waals surface area contributed by atoms with E-state index in [1.54, 1.807) is 0 Å². The Morgan fingerprint density at radius 1 is 0.976 bits per heavy atom. The largest absolute Gasteiger partial charge is 0.466 e. The predicted octanol–water partition coefficient (Wildman–Crippen LogP) is 7.91. The highest BCUT2D eigenvalue weighted by atomic mass is 35.5. The predicted molar refractivity (Wildman–Crippen MR) is 167 cm³/mol. The van der Waals surface area contributed by atoms with Crippen LogP contribution in [0.4, 0.5) is 5.69 Å². The molecule has 0 radical (unpaired) electrons. The Hall–Kier alpha value is -3.57. The molecular weight excluding hydrogens is 544 g/mol. The van der Waals surface area contributed by atoms with Gasteiger partial charge in [-0.2, -0.15) is 0 Å². The topological polar surface area (TPSA) is 51.5 Å². The highest BCUT2D eigenvalue weighted by molar-refractivity contribution is 6.31. The molecule has 6 heteroatoms. The fourth-order valence-electron chi connectivity index (χ4n) is 8.55. The van der Waals surface area contributed by atoms with E-state index < -0.39 is 11.3 Å². The van der Waals surface area contributed by atoms with Gasteiger partial charge in [0.2, 0.25) is 5.91 Å². The maximum absolute atomic E-state index is 15.5. The Morgan fingerprint density at radius 2 is 1.71 bits per heavy atom.